The normalized spacial score (nSPS) is 19.5. The van der Waals surface area contributed by atoms with Crippen LogP contribution in [0.3, 0.4) is 0 Å². The van der Waals surface area contributed by atoms with Crippen molar-refractivity contribution in [2.75, 3.05) is 0 Å². The van der Waals surface area contributed by atoms with Crippen LogP contribution in [0.4, 0.5) is 0 Å². The molecule has 1 aromatic carbocycles. The predicted molar refractivity (Wildman–Crippen MR) is 148 cm³/mol. The largest absolute Gasteiger partial charge is 0.349 e. The quantitative estimate of drug-likeness (QED) is 0.216. The topological polar surface area (TPSA) is 41.5 Å². The average Bonchev–Trinajstić information content (AvgIpc) is 3.73. The molecule has 2 fully saturated rings. The van der Waals surface area contributed by atoms with Crippen molar-refractivity contribution < 1.29 is 4.79 Å². The number of aryl methyl sites for hydroxylation is 1. The van der Waals surface area contributed by atoms with E-state index in [2.05, 4.69) is 56.9 Å². The zero-order chi connectivity index (χ0) is 24.9. The lowest BCUT2D eigenvalue weighted by molar-refractivity contribution is -0.117. The minimum absolute atomic E-state index is 0.0736. The van der Waals surface area contributed by atoms with Crippen molar-refractivity contribution in [1.29, 1.82) is 0 Å². The predicted octanol–water partition coefficient (Wildman–Crippen LogP) is 7.44. The van der Waals surface area contributed by atoms with Crippen LogP contribution in [-0.2, 0) is 11.2 Å². The van der Waals surface area contributed by atoms with E-state index in [1.165, 1.54) is 53.5 Å². The van der Waals surface area contributed by atoms with Crippen LogP contribution in [0.2, 0.25) is 0 Å². The lowest BCUT2D eigenvalue weighted by atomic mass is 9.92. The van der Waals surface area contributed by atoms with Gasteiger partial charge in [0, 0.05) is 17.8 Å². The minimum atomic E-state index is -0.0736. The molecule has 0 aliphatic heterocycles. The van der Waals surface area contributed by atoms with Crippen LogP contribution < -0.4 is 5.32 Å². The molecule has 184 valence electrons. The van der Waals surface area contributed by atoms with Crippen LogP contribution in [0.5, 0.6) is 0 Å². The Balaban J connectivity index is 1.65. The van der Waals surface area contributed by atoms with E-state index in [0.29, 0.717) is 11.5 Å². The van der Waals surface area contributed by atoms with Gasteiger partial charge >= 0.3 is 0 Å². The molecule has 0 bridgehead atoms. The van der Waals surface area contributed by atoms with E-state index >= 15 is 0 Å². The molecule has 4 rings (SSSR count). The highest BCUT2D eigenvalue weighted by atomic mass is 16.1. The lowest BCUT2D eigenvalue weighted by Crippen LogP contribution is -2.35. The molecule has 1 unspecified atom stereocenters. The number of hydrogen-bond acceptors (Lipinski definition) is 2. The minimum Gasteiger partial charge on any atom is -0.349 e. The molecule has 1 N–H and O–H groups in total. The molecule has 0 saturated heterocycles. The fourth-order valence-electron chi connectivity index (χ4n) is 4.92. The zero-order valence-corrected chi connectivity index (χ0v) is 21.9. The first-order valence-electron chi connectivity index (χ1n) is 13.3. The van der Waals surface area contributed by atoms with Crippen molar-refractivity contribution in [2.24, 2.45) is 16.8 Å². The first-order chi connectivity index (χ1) is 16.9. The van der Waals surface area contributed by atoms with Crippen molar-refractivity contribution in [2.45, 2.75) is 78.7 Å². The van der Waals surface area contributed by atoms with Crippen molar-refractivity contribution in [3.05, 3.63) is 88.2 Å². The van der Waals surface area contributed by atoms with Gasteiger partial charge in [-0.05, 0) is 100 Å². The van der Waals surface area contributed by atoms with E-state index in [0.717, 1.165) is 36.5 Å². The van der Waals surface area contributed by atoms with Gasteiger partial charge in [0.15, 0.2) is 0 Å². The molecular weight excluding hydrogens is 428 g/mol. The maximum absolute atomic E-state index is 13.0. The first-order valence-corrected chi connectivity index (χ1v) is 13.3. The van der Waals surface area contributed by atoms with Crippen LogP contribution in [0.25, 0.3) is 5.57 Å². The summed E-state index contributed by atoms with van der Waals surface area (Å²) in [6, 6.07) is 7.01. The second-order valence-corrected chi connectivity index (χ2v) is 10.5. The van der Waals surface area contributed by atoms with Gasteiger partial charge in [0.05, 0.1) is 11.3 Å². The highest BCUT2D eigenvalue weighted by Crippen LogP contribution is 2.41. The van der Waals surface area contributed by atoms with E-state index in [4.69, 9.17) is 4.99 Å². The number of aliphatic imine (C=N–C) groups is 1. The molecule has 3 aliphatic rings. The number of benzene rings is 1. The highest BCUT2D eigenvalue weighted by molar-refractivity contribution is 6.12. The number of carbonyl (C=O) groups excluding carboxylic acids is 1. The monoisotopic (exact) mass is 468 g/mol. The summed E-state index contributed by atoms with van der Waals surface area (Å²) in [5.74, 6) is 1.36. The van der Waals surface area contributed by atoms with Gasteiger partial charge in [0.25, 0.3) is 5.91 Å². The van der Waals surface area contributed by atoms with Crippen molar-refractivity contribution in [3.63, 3.8) is 0 Å². The van der Waals surface area contributed by atoms with Gasteiger partial charge in [-0.15, -0.1) is 0 Å². The Hall–Kier alpha value is -2.94. The summed E-state index contributed by atoms with van der Waals surface area (Å²) in [6.45, 7) is 12.8. The second kappa shape index (κ2) is 11.2. The fraction of sp³-hybridized carbons (Fsp3) is 0.438. The third kappa shape index (κ3) is 6.60. The van der Waals surface area contributed by atoms with Gasteiger partial charge in [0.2, 0.25) is 0 Å². The molecule has 2 saturated carbocycles. The average molecular weight is 469 g/mol. The number of rotatable bonds is 10. The highest BCUT2D eigenvalue weighted by Gasteiger charge is 2.29. The van der Waals surface area contributed by atoms with E-state index in [9.17, 15) is 4.79 Å². The molecular formula is C32H40N2O. The number of hydrogen-bond donors (Lipinski definition) is 1. The molecule has 0 spiro atoms. The van der Waals surface area contributed by atoms with Gasteiger partial charge in [-0.3, -0.25) is 9.79 Å². The molecule has 0 aromatic heterocycles. The number of fused-ring (bicyclic) bond motifs is 1. The smallest absolute Gasteiger partial charge is 0.253 e. The van der Waals surface area contributed by atoms with Gasteiger partial charge in [-0.2, -0.15) is 0 Å². The second-order valence-electron chi connectivity index (χ2n) is 10.5. The van der Waals surface area contributed by atoms with Gasteiger partial charge in [0.1, 0.15) is 0 Å². The molecule has 0 radical (unpaired) electrons. The SMILES string of the molecule is C=C(N=C/C(=C\C=C\C)C(=O)NC(C)C1CC1)C1=C(CC)c2cc(C)ccc2CC(CC2CC2)=C1. The van der Waals surface area contributed by atoms with Gasteiger partial charge < -0.3 is 5.32 Å². The number of nitrogens with zero attached hydrogens (tertiary/aromatic N) is 1. The molecule has 0 heterocycles. The van der Waals surface area contributed by atoms with E-state index in [-0.39, 0.29) is 11.9 Å². The Morgan fingerprint density at radius 2 is 2.03 bits per heavy atom. The molecule has 1 aromatic rings. The Bertz CT molecular complexity index is 1140. The number of amides is 1. The fourth-order valence-corrected chi connectivity index (χ4v) is 4.92. The number of allylic oxidation sites excluding steroid dienone is 6. The zero-order valence-electron chi connectivity index (χ0n) is 21.9. The number of nitrogens with one attached hydrogen (secondary N) is 1. The molecule has 1 atom stereocenters. The third-order valence-corrected chi connectivity index (χ3v) is 7.37. The molecule has 35 heavy (non-hydrogen) atoms. The van der Waals surface area contributed by atoms with Crippen LogP contribution in [0, 0.1) is 18.8 Å². The molecule has 3 nitrogen and oxygen atoms in total. The maximum Gasteiger partial charge on any atom is 0.253 e. The summed E-state index contributed by atoms with van der Waals surface area (Å²) in [7, 11) is 0. The van der Waals surface area contributed by atoms with Crippen LogP contribution >= 0.6 is 0 Å². The summed E-state index contributed by atoms with van der Waals surface area (Å²) in [4.78, 5) is 17.7. The van der Waals surface area contributed by atoms with E-state index in [1.54, 1.807) is 6.21 Å². The lowest BCUT2D eigenvalue weighted by Gasteiger charge is -2.14. The Morgan fingerprint density at radius 1 is 1.26 bits per heavy atom. The van der Waals surface area contributed by atoms with Crippen LogP contribution in [-0.4, -0.2) is 18.2 Å². The molecule has 3 heteroatoms. The van der Waals surface area contributed by atoms with Crippen LogP contribution in [0.1, 0.15) is 76.0 Å². The summed E-state index contributed by atoms with van der Waals surface area (Å²) in [5, 5.41) is 3.15. The van der Waals surface area contributed by atoms with Gasteiger partial charge in [-0.1, -0.05) is 61.1 Å². The maximum atomic E-state index is 13.0. The number of carbonyl (C=O) groups is 1. The van der Waals surface area contributed by atoms with Gasteiger partial charge in [-0.25, -0.2) is 0 Å². The van der Waals surface area contributed by atoms with Crippen molar-refractivity contribution >= 4 is 17.7 Å². The summed E-state index contributed by atoms with van der Waals surface area (Å²) >= 11 is 0. The Kier molecular flexibility index (Phi) is 8.05. The Morgan fingerprint density at radius 3 is 2.69 bits per heavy atom. The standard InChI is InChI=1S/C32H40N2O/c1-6-8-9-28(32(35)34-22(4)26-14-15-26)20-33-23(5)30-19-25(17-24-11-12-24)18-27-13-10-21(3)16-31(27)29(30)7-2/h6,8-10,13,16,19-20,22,24,26H,5,7,11-12,14-15,17-18H2,1-4H3,(H,34,35)/b8-6+,28-9+,33-20?. The van der Waals surface area contributed by atoms with E-state index < -0.39 is 0 Å². The van der Waals surface area contributed by atoms with Crippen LogP contribution in [0.15, 0.2) is 76.5 Å². The summed E-state index contributed by atoms with van der Waals surface area (Å²) < 4.78 is 0. The molecule has 1 amide bonds. The summed E-state index contributed by atoms with van der Waals surface area (Å²) in [6.07, 6.45) is 17.8. The van der Waals surface area contributed by atoms with Crippen molar-refractivity contribution in [1.82, 2.24) is 5.32 Å². The molecule has 3 aliphatic carbocycles. The first kappa shape index (κ1) is 25.2. The van der Waals surface area contributed by atoms with E-state index in [1.807, 2.05) is 25.2 Å². The Labute approximate surface area is 211 Å². The van der Waals surface area contributed by atoms with Crippen molar-refractivity contribution in [3.8, 4) is 0 Å². The third-order valence-electron chi connectivity index (χ3n) is 7.37. The summed E-state index contributed by atoms with van der Waals surface area (Å²) in [5.41, 5.74) is 9.14.